The number of benzene rings is 1. The minimum absolute atomic E-state index is 0. The number of nitrogens with zero attached hydrogens (tertiary/aromatic N) is 2. The number of hydrogen-bond acceptors (Lipinski definition) is 4. The van der Waals surface area contributed by atoms with Gasteiger partial charge in [-0.05, 0) is 30.2 Å². The minimum Gasteiger partial charge on any atom is -0.376 e. The molecule has 1 aromatic carbocycles. The van der Waals surface area contributed by atoms with Crippen LogP contribution in [-0.4, -0.2) is 64.8 Å². The highest BCUT2D eigenvalue weighted by molar-refractivity contribution is 14.0. The van der Waals surface area contributed by atoms with E-state index < -0.39 is 10.0 Å². The predicted molar refractivity (Wildman–Crippen MR) is 129 cm³/mol. The Morgan fingerprint density at radius 2 is 1.90 bits per heavy atom. The van der Waals surface area contributed by atoms with Crippen LogP contribution in [0.5, 0.6) is 0 Å². The van der Waals surface area contributed by atoms with Gasteiger partial charge in [-0.3, -0.25) is 4.99 Å². The first-order valence-corrected chi connectivity index (χ1v) is 11.7. The van der Waals surface area contributed by atoms with Gasteiger partial charge in [0.2, 0.25) is 10.0 Å². The molecule has 1 saturated heterocycles. The molecule has 9 heteroatoms. The third-order valence-electron chi connectivity index (χ3n) is 4.96. The average Bonchev–Trinajstić information content (AvgIpc) is 2.68. The minimum atomic E-state index is -3.06. The Morgan fingerprint density at radius 3 is 2.48 bits per heavy atom. The molecule has 1 atom stereocenters. The molecule has 1 aromatic rings. The SMILES string of the molecule is CN=C(NCC(C)COCc1ccccc1)NCC1CCN(S(C)(=O)=O)CC1.I. The number of piperidine rings is 1. The van der Waals surface area contributed by atoms with Crippen molar-refractivity contribution in [1.29, 1.82) is 0 Å². The van der Waals surface area contributed by atoms with Gasteiger partial charge in [-0.25, -0.2) is 12.7 Å². The summed E-state index contributed by atoms with van der Waals surface area (Å²) in [4.78, 5) is 4.27. The molecule has 0 amide bonds. The van der Waals surface area contributed by atoms with Crippen molar-refractivity contribution in [2.75, 3.05) is 46.1 Å². The molecule has 0 bridgehead atoms. The van der Waals surface area contributed by atoms with Gasteiger partial charge < -0.3 is 15.4 Å². The van der Waals surface area contributed by atoms with Gasteiger partial charge in [0.05, 0.1) is 19.5 Å². The van der Waals surface area contributed by atoms with Gasteiger partial charge in [0.1, 0.15) is 0 Å². The number of sulfonamides is 1. The van der Waals surface area contributed by atoms with Gasteiger partial charge in [-0.1, -0.05) is 37.3 Å². The lowest BCUT2D eigenvalue weighted by Crippen LogP contribution is -2.44. The molecule has 0 aliphatic carbocycles. The number of rotatable bonds is 9. The number of halogens is 1. The van der Waals surface area contributed by atoms with Crippen molar-refractivity contribution < 1.29 is 13.2 Å². The van der Waals surface area contributed by atoms with Crippen molar-refractivity contribution in [3.63, 3.8) is 0 Å². The molecule has 7 nitrogen and oxygen atoms in total. The summed E-state index contributed by atoms with van der Waals surface area (Å²) in [5, 5.41) is 6.70. The highest BCUT2D eigenvalue weighted by atomic mass is 127. The van der Waals surface area contributed by atoms with Crippen LogP contribution < -0.4 is 10.6 Å². The lowest BCUT2D eigenvalue weighted by molar-refractivity contribution is 0.0931. The molecular formula is C20H35IN4O3S. The van der Waals surface area contributed by atoms with E-state index in [1.165, 1.54) is 11.8 Å². The topological polar surface area (TPSA) is 83.0 Å². The van der Waals surface area contributed by atoms with Crippen molar-refractivity contribution in [3.05, 3.63) is 35.9 Å². The summed E-state index contributed by atoms with van der Waals surface area (Å²) in [7, 11) is -1.30. The highest BCUT2D eigenvalue weighted by Crippen LogP contribution is 2.18. The molecule has 2 N–H and O–H groups in total. The monoisotopic (exact) mass is 538 g/mol. The fourth-order valence-corrected chi connectivity index (χ4v) is 4.06. The molecule has 0 radical (unpaired) electrons. The van der Waals surface area contributed by atoms with E-state index >= 15 is 0 Å². The maximum Gasteiger partial charge on any atom is 0.211 e. The summed E-state index contributed by atoms with van der Waals surface area (Å²) >= 11 is 0. The molecule has 1 aliphatic heterocycles. The second kappa shape index (κ2) is 13.4. The molecule has 1 fully saturated rings. The largest absolute Gasteiger partial charge is 0.376 e. The van der Waals surface area contributed by atoms with E-state index in [-0.39, 0.29) is 24.0 Å². The summed E-state index contributed by atoms with van der Waals surface area (Å²) in [5.41, 5.74) is 1.18. The second-order valence-electron chi connectivity index (χ2n) is 7.55. The normalized spacial score (nSPS) is 17.4. The van der Waals surface area contributed by atoms with Gasteiger partial charge >= 0.3 is 0 Å². The summed E-state index contributed by atoms with van der Waals surface area (Å²) < 4.78 is 30.5. The molecular weight excluding hydrogens is 503 g/mol. The Kier molecular flexibility index (Phi) is 12.1. The van der Waals surface area contributed by atoms with Crippen LogP contribution in [-0.2, 0) is 21.4 Å². The summed E-state index contributed by atoms with van der Waals surface area (Å²) in [6.45, 7) is 6.25. The zero-order valence-corrected chi connectivity index (χ0v) is 20.8. The van der Waals surface area contributed by atoms with Crippen LogP contribution in [0.15, 0.2) is 35.3 Å². The summed E-state index contributed by atoms with van der Waals surface area (Å²) in [6, 6.07) is 10.2. The smallest absolute Gasteiger partial charge is 0.211 e. The van der Waals surface area contributed by atoms with Gasteiger partial charge in [0.15, 0.2) is 5.96 Å². The number of nitrogens with one attached hydrogen (secondary N) is 2. The molecule has 0 spiro atoms. The van der Waals surface area contributed by atoms with Crippen molar-refractivity contribution in [2.45, 2.75) is 26.4 Å². The van der Waals surface area contributed by atoms with Crippen LogP contribution in [0.25, 0.3) is 0 Å². The Balaban J connectivity index is 0.00000420. The molecule has 1 aliphatic rings. The third-order valence-corrected chi connectivity index (χ3v) is 6.26. The number of aliphatic imine (C=N–C) groups is 1. The molecule has 1 unspecified atom stereocenters. The number of guanidine groups is 1. The van der Waals surface area contributed by atoms with E-state index in [2.05, 4.69) is 34.7 Å². The molecule has 0 aromatic heterocycles. The van der Waals surface area contributed by atoms with Gasteiger partial charge in [-0.2, -0.15) is 0 Å². The molecule has 0 saturated carbocycles. The fourth-order valence-electron chi connectivity index (χ4n) is 3.19. The quantitative estimate of drug-likeness (QED) is 0.287. The van der Waals surface area contributed by atoms with Gasteiger partial charge in [0, 0.05) is 33.2 Å². The van der Waals surface area contributed by atoms with Gasteiger partial charge in [-0.15, -0.1) is 24.0 Å². The van der Waals surface area contributed by atoms with Crippen molar-refractivity contribution in [2.24, 2.45) is 16.8 Å². The zero-order valence-electron chi connectivity index (χ0n) is 17.6. The maximum absolute atomic E-state index is 11.6. The van der Waals surface area contributed by atoms with Gasteiger partial charge in [0.25, 0.3) is 0 Å². The third kappa shape index (κ3) is 10.1. The van der Waals surface area contributed by atoms with E-state index in [9.17, 15) is 8.42 Å². The van der Waals surface area contributed by atoms with E-state index in [4.69, 9.17) is 4.74 Å². The van der Waals surface area contributed by atoms with Crippen LogP contribution in [0, 0.1) is 11.8 Å². The number of ether oxygens (including phenoxy) is 1. The Bertz CT molecular complexity index is 708. The Morgan fingerprint density at radius 1 is 1.24 bits per heavy atom. The van der Waals surface area contributed by atoms with Crippen molar-refractivity contribution in [3.8, 4) is 0 Å². The van der Waals surface area contributed by atoms with Crippen LogP contribution in [0.4, 0.5) is 0 Å². The molecule has 166 valence electrons. The van der Waals surface area contributed by atoms with Crippen LogP contribution in [0.1, 0.15) is 25.3 Å². The second-order valence-corrected chi connectivity index (χ2v) is 9.53. The zero-order chi connectivity index (χ0) is 20.4. The lowest BCUT2D eigenvalue weighted by atomic mass is 9.98. The first kappa shape index (κ1) is 26.1. The standard InChI is InChI=1S/C20H34N4O3S.HI/c1-17(15-27-16-19-7-5-4-6-8-19)13-22-20(21-2)23-14-18-9-11-24(12-10-18)28(3,25)26;/h4-8,17-18H,9-16H2,1-3H3,(H2,21,22,23);1H. The Labute approximate surface area is 192 Å². The van der Waals surface area contributed by atoms with E-state index in [1.807, 2.05) is 18.2 Å². The molecule has 29 heavy (non-hydrogen) atoms. The fraction of sp³-hybridized carbons (Fsp3) is 0.650. The number of hydrogen-bond donors (Lipinski definition) is 2. The van der Waals surface area contributed by atoms with Crippen LogP contribution >= 0.6 is 24.0 Å². The molecule has 1 heterocycles. The first-order chi connectivity index (χ1) is 13.4. The Hall–Kier alpha value is -0.910. The van der Waals surface area contributed by atoms with Crippen molar-refractivity contribution in [1.82, 2.24) is 14.9 Å². The lowest BCUT2D eigenvalue weighted by Gasteiger charge is -2.30. The van der Waals surface area contributed by atoms with Crippen molar-refractivity contribution >= 4 is 40.0 Å². The predicted octanol–water partition coefficient (Wildman–Crippen LogP) is 2.29. The van der Waals surface area contributed by atoms with Crippen LogP contribution in [0.3, 0.4) is 0 Å². The van der Waals surface area contributed by atoms with E-state index in [0.29, 0.717) is 38.1 Å². The van der Waals surface area contributed by atoms with E-state index in [0.717, 1.165) is 31.9 Å². The summed E-state index contributed by atoms with van der Waals surface area (Å²) in [5.74, 6) is 1.60. The maximum atomic E-state index is 11.6. The van der Waals surface area contributed by atoms with E-state index in [1.54, 1.807) is 11.4 Å². The molecule has 2 rings (SSSR count). The summed E-state index contributed by atoms with van der Waals surface area (Å²) in [6.07, 6.45) is 3.03. The average molecular weight is 538 g/mol. The van der Waals surface area contributed by atoms with Crippen LogP contribution in [0.2, 0.25) is 0 Å². The first-order valence-electron chi connectivity index (χ1n) is 9.89. The highest BCUT2D eigenvalue weighted by Gasteiger charge is 2.24.